The van der Waals surface area contributed by atoms with Crippen LogP contribution in [0.25, 0.3) is 0 Å². The Kier molecular flexibility index (Phi) is 56.1. The monoisotopic (exact) mass is 410 g/mol. The van der Waals surface area contributed by atoms with E-state index in [9.17, 15) is 0 Å². The summed E-state index contributed by atoms with van der Waals surface area (Å²) in [5, 5.41) is 0. The Bertz CT molecular complexity index is 412. The van der Waals surface area contributed by atoms with Gasteiger partial charge in [-0.15, -0.1) is 0 Å². The summed E-state index contributed by atoms with van der Waals surface area (Å²) in [6.45, 7) is 25.2. The van der Waals surface area contributed by atoms with Crippen molar-refractivity contribution in [2.24, 2.45) is 0 Å². The van der Waals surface area contributed by atoms with Gasteiger partial charge in [-0.25, -0.2) is 0 Å². The molecule has 0 aliphatic heterocycles. The number of ether oxygens (including phenoxy) is 1. The third kappa shape index (κ3) is 24.6. The van der Waals surface area contributed by atoms with Crippen molar-refractivity contribution in [3.05, 3.63) is 54.0 Å². The van der Waals surface area contributed by atoms with Crippen molar-refractivity contribution >= 4 is 31.8 Å². The van der Waals surface area contributed by atoms with Gasteiger partial charge in [0.2, 0.25) is 0 Å². The molecule has 0 aromatic carbocycles. The van der Waals surface area contributed by atoms with Crippen LogP contribution < -0.4 is 0 Å². The first kappa shape index (κ1) is 32.3. The third-order valence-electron chi connectivity index (χ3n) is 1.05. The normalized spacial score (nSPS) is 5.71. The maximum atomic E-state index is 7.50. The predicted octanol–water partition coefficient (Wildman–Crippen LogP) is 2.38. The Morgan fingerprint density at radius 3 is 1.67 bits per heavy atom. The Morgan fingerprint density at radius 2 is 1.43 bits per heavy atom. The second-order valence-corrected chi connectivity index (χ2v) is 4.87. The van der Waals surface area contributed by atoms with Crippen LogP contribution in [0.5, 0.6) is 0 Å². The molecule has 1 rings (SSSR count). The summed E-state index contributed by atoms with van der Waals surface area (Å²) < 4.78 is 44.8. The number of hydrogen-bond donors (Lipinski definition) is 0. The molecule has 0 N–H and O–H groups in total. The summed E-state index contributed by atoms with van der Waals surface area (Å²) in [4.78, 5) is 1.14. The first-order valence-electron chi connectivity index (χ1n) is 4.18. The van der Waals surface area contributed by atoms with Crippen molar-refractivity contribution in [1.29, 1.82) is 0 Å². The zero-order valence-electron chi connectivity index (χ0n) is 10.5. The van der Waals surface area contributed by atoms with Crippen molar-refractivity contribution in [2.45, 2.75) is 6.92 Å². The van der Waals surface area contributed by atoms with Crippen LogP contribution in [0.15, 0.2) is 15.9 Å². The van der Waals surface area contributed by atoms with Crippen molar-refractivity contribution in [2.75, 3.05) is 6.61 Å². The van der Waals surface area contributed by atoms with Gasteiger partial charge in [-0.3, -0.25) is 0 Å². The molecule has 0 saturated carbocycles. The second kappa shape index (κ2) is 36.5. The predicted molar refractivity (Wildman–Crippen MR) is 67.4 cm³/mol. The molecule has 6 nitrogen and oxygen atoms in total. The van der Waals surface area contributed by atoms with E-state index in [-0.39, 0.29) is 0 Å². The molecule has 1 heterocycles. The number of hydrogen-bond acceptors (Lipinski definition) is 2. The average molecular weight is 411 g/mol. The first-order chi connectivity index (χ1) is 10.2. The van der Waals surface area contributed by atoms with Crippen LogP contribution in [0.2, 0.25) is 0 Å². The van der Waals surface area contributed by atoms with E-state index in [2.05, 4.69) is 65.0 Å². The van der Waals surface area contributed by atoms with Gasteiger partial charge in [0.25, 0.3) is 0 Å². The van der Waals surface area contributed by atoms with E-state index in [0.29, 0.717) is 6.61 Å². The Balaban J connectivity index is -0.0000000727. The zero-order chi connectivity index (χ0) is 18.3. The molecule has 0 aliphatic carbocycles. The molecule has 110 valence electrons. The molecule has 0 fully saturated rings. The average Bonchev–Trinajstić information content (AvgIpc) is 3.04. The summed E-state index contributed by atoms with van der Waals surface area (Å²) in [5.74, 6) is 0. The topological polar surface area (TPSA) is 109 Å². The molecule has 1 aromatic rings. The molecule has 0 radical (unpaired) electrons. The van der Waals surface area contributed by atoms with Crippen LogP contribution in [0.4, 0.5) is 0 Å². The van der Waals surface area contributed by atoms with Crippen LogP contribution >= 0.6 is 27.3 Å². The minimum atomic E-state index is 0.706. The van der Waals surface area contributed by atoms with Gasteiger partial charge in [-0.05, 0) is 0 Å². The van der Waals surface area contributed by atoms with Crippen molar-refractivity contribution in [3.8, 4) is 0 Å². The molecular formula is C12H7BrCrO6S. The number of thiophene rings is 1. The molecule has 1 aromatic heterocycles. The van der Waals surface area contributed by atoms with E-state index in [0.717, 1.165) is 13.2 Å². The Morgan fingerprint density at radius 1 is 1.05 bits per heavy atom. The molecular weight excluding hydrogens is 404 g/mol. The molecule has 0 saturated heterocycles. The second-order valence-electron chi connectivity index (χ2n) is 1.82. The summed E-state index contributed by atoms with van der Waals surface area (Å²) in [7, 11) is 0. The van der Waals surface area contributed by atoms with Gasteiger partial charge in [0, 0.05) is 0 Å². The van der Waals surface area contributed by atoms with Crippen molar-refractivity contribution < 1.29 is 43.8 Å². The van der Waals surface area contributed by atoms with Gasteiger partial charge >= 0.3 is 143 Å². The van der Waals surface area contributed by atoms with Gasteiger partial charge < -0.3 is 0 Å². The van der Waals surface area contributed by atoms with Gasteiger partial charge in [-0.2, -0.15) is 0 Å². The number of rotatable bonds is 3. The summed E-state index contributed by atoms with van der Waals surface area (Å²) in [5.41, 5.74) is 0. The van der Waals surface area contributed by atoms with Crippen LogP contribution in [-0.4, -0.2) is 11.2 Å². The Labute approximate surface area is 143 Å². The van der Waals surface area contributed by atoms with Crippen molar-refractivity contribution in [1.82, 2.24) is 0 Å². The molecule has 0 amide bonds. The van der Waals surface area contributed by atoms with E-state index in [4.69, 9.17) is 28.0 Å². The van der Waals surface area contributed by atoms with E-state index in [1.165, 1.54) is 0 Å². The minimum absolute atomic E-state index is 0.706. The molecule has 0 spiro atoms. The van der Waals surface area contributed by atoms with Gasteiger partial charge in [0.15, 0.2) is 0 Å². The van der Waals surface area contributed by atoms with Crippen LogP contribution in [0, 0.1) is 33.3 Å². The first-order valence-corrected chi connectivity index (χ1v) is 6.43. The van der Waals surface area contributed by atoms with Gasteiger partial charge in [0.1, 0.15) is 0 Å². The zero-order valence-corrected chi connectivity index (χ0v) is 14.2. The molecule has 21 heavy (non-hydrogen) atoms. The molecule has 0 bridgehead atoms. The third-order valence-corrected chi connectivity index (χ3v) is 3.41. The van der Waals surface area contributed by atoms with Gasteiger partial charge in [0.05, 0.1) is 0 Å². The van der Waals surface area contributed by atoms with Crippen LogP contribution in [0.3, 0.4) is 0 Å². The van der Waals surface area contributed by atoms with Crippen LogP contribution in [-0.2, 0) is 43.8 Å². The van der Waals surface area contributed by atoms with Gasteiger partial charge in [-0.1, -0.05) is 0 Å². The summed E-state index contributed by atoms with van der Waals surface area (Å²) in [6, 6.07) is 4.03. The fourth-order valence-corrected chi connectivity index (χ4v) is 2.39. The fourth-order valence-electron chi connectivity index (χ4n) is 0.626. The SMILES string of the molecule is CCO[C](=[Cr])c1ccc(Br)s1.[C-]#[O+].[C-]#[O+].[C-]#[O+].[C-]#[O+].[C-]#[O+]. The standard InChI is InChI=1S/C7H7BrOS.5CO.Cr/c1-2-9-5-6-3-4-7(8)10-6;5*1-2;/h3-4H,2H2,1H3;;;;;;. The maximum absolute atomic E-state index is 7.50. The number of halogens is 1. The molecule has 0 unspecified atom stereocenters. The van der Waals surface area contributed by atoms with E-state index >= 15 is 0 Å². The van der Waals surface area contributed by atoms with E-state index < -0.39 is 0 Å². The summed E-state index contributed by atoms with van der Waals surface area (Å²) in [6.07, 6.45) is 0. The summed E-state index contributed by atoms with van der Waals surface area (Å²) >= 11 is 7.94. The van der Waals surface area contributed by atoms with Crippen LogP contribution in [0.1, 0.15) is 11.8 Å². The molecule has 0 aliphatic rings. The van der Waals surface area contributed by atoms with E-state index in [1.807, 2.05) is 19.1 Å². The van der Waals surface area contributed by atoms with Crippen molar-refractivity contribution in [3.63, 3.8) is 0 Å². The molecule has 9 heteroatoms. The van der Waals surface area contributed by atoms with E-state index in [1.54, 1.807) is 11.3 Å². The quantitative estimate of drug-likeness (QED) is 0.553. The fraction of sp³-hybridized carbons (Fsp3) is 0.167. The Hall–Kier alpha value is -0.758. The molecule has 0 atom stereocenters.